The largest absolute Gasteiger partial charge is 0.497 e. The lowest BCUT2D eigenvalue weighted by Gasteiger charge is -2.05. The molecule has 0 bridgehead atoms. The normalized spacial score (nSPS) is 11.4. The number of nitrogens with zero attached hydrogens (tertiary/aromatic N) is 2. The van der Waals surface area contributed by atoms with Crippen molar-refractivity contribution in [1.29, 1.82) is 0 Å². The number of hydrogen-bond acceptors (Lipinski definition) is 6. The first-order chi connectivity index (χ1) is 11.4. The molecule has 3 aromatic rings. The molecular weight excluding hydrogens is 352 g/mol. The molecule has 0 aliphatic heterocycles. The summed E-state index contributed by atoms with van der Waals surface area (Å²) in [6.07, 6.45) is 2.21. The molecule has 0 aliphatic rings. The average Bonchev–Trinajstić information content (AvgIpc) is 3.24. The number of thiophene rings is 1. The Kier molecular flexibility index (Phi) is 4.12. The standard InChI is InChI=1S/C15H12N2O5S2/c1-22-11-4-6-12(7-5-11)24(20,21)17-9-8-16(15(17)19)14(18)13-3-2-10-23-13/h2-10H,1H3. The molecule has 0 fully saturated rings. The van der Waals surface area contributed by atoms with Gasteiger partial charge < -0.3 is 4.74 Å². The third-order valence-corrected chi connectivity index (χ3v) is 5.83. The van der Waals surface area contributed by atoms with E-state index in [1.165, 1.54) is 42.7 Å². The number of carbonyl (C=O) groups excluding carboxylic acids is 1. The minimum Gasteiger partial charge on any atom is -0.497 e. The van der Waals surface area contributed by atoms with Crippen LogP contribution in [-0.4, -0.2) is 30.0 Å². The number of methoxy groups -OCH3 is 1. The number of imidazole rings is 1. The van der Waals surface area contributed by atoms with Crippen LogP contribution in [0.2, 0.25) is 0 Å². The van der Waals surface area contributed by atoms with Crippen molar-refractivity contribution in [2.24, 2.45) is 0 Å². The van der Waals surface area contributed by atoms with Crippen molar-refractivity contribution in [2.45, 2.75) is 4.90 Å². The lowest BCUT2D eigenvalue weighted by Crippen LogP contribution is -2.32. The Morgan fingerprint density at radius 3 is 2.42 bits per heavy atom. The zero-order valence-corrected chi connectivity index (χ0v) is 14.1. The van der Waals surface area contributed by atoms with Crippen LogP contribution in [0.5, 0.6) is 5.75 Å². The van der Waals surface area contributed by atoms with Crippen molar-refractivity contribution < 1.29 is 17.9 Å². The fraction of sp³-hybridized carbons (Fsp3) is 0.0667. The molecule has 24 heavy (non-hydrogen) atoms. The van der Waals surface area contributed by atoms with Crippen LogP contribution in [-0.2, 0) is 10.0 Å². The van der Waals surface area contributed by atoms with Crippen LogP contribution in [0.4, 0.5) is 0 Å². The molecule has 9 heteroatoms. The smallest absolute Gasteiger partial charge is 0.349 e. The number of rotatable bonds is 4. The second kappa shape index (κ2) is 6.10. The third kappa shape index (κ3) is 2.68. The minimum atomic E-state index is -4.10. The molecule has 2 aromatic heterocycles. The Morgan fingerprint density at radius 2 is 1.83 bits per heavy atom. The monoisotopic (exact) mass is 364 g/mol. The Bertz CT molecular complexity index is 1030. The maximum atomic E-state index is 12.6. The molecule has 0 saturated heterocycles. The number of hydrogen-bond donors (Lipinski definition) is 0. The molecule has 0 unspecified atom stereocenters. The molecule has 0 N–H and O–H groups in total. The predicted molar refractivity (Wildman–Crippen MR) is 88.3 cm³/mol. The SMILES string of the molecule is COc1ccc(S(=O)(=O)n2ccn(C(=O)c3cccs3)c2=O)cc1. The van der Waals surface area contributed by atoms with Crippen LogP contribution < -0.4 is 10.4 Å². The summed E-state index contributed by atoms with van der Waals surface area (Å²) in [7, 11) is -2.63. The summed E-state index contributed by atoms with van der Waals surface area (Å²) >= 11 is 1.17. The highest BCUT2D eigenvalue weighted by molar-refractivity contribution is 7.90. The zero-order valence-electron chi connectivity index (χ0n) is 12.4. The summed E-state index contributed by atoms with van der Waals surface area (Å²) in [6, 6.07) is 8.86. The van der Waals surface area contributed by atoms with Gasteiger partial charge in [0.1, 0.15) is 5.75 Å². The molecule has 0 radical (unpaired) electrons. The van der Waals surface area contributed by atoms with Gasteiger partial charge in [-0.05, 0) is 35.7 Å². The molecule has 3 rings (SSSR count). The molecule has 0 aliphatic carbocycles. The van der Waals surface area contributed by atoms with Crippen molar-refractivity contribution in [3.05, 3.63) is 69.5 Å². The molecule has 0 spiro atoms. The van der Waals surface area contributed by atoms with Crippen molar-refractivity contribution in [3.8, 4) is 5.75 Å². The Labute approximate surface area is 141 Å². The quantitative estimate of drug-likeness (QED) is 0.702. The van der Waals surface area contributed by atoms with Crippen LogP contribution >= 0.6 is 11.3 Å². The van der Waals surface area contributed by atoms with E-state index in [0.717, 1.165) is 17.0 Å². The Balaban J connectivity index is 2.03. The second-order valence-corrected chi connectivity index (χ2v) is 7.47. The fourth-order valence-electron chi connectivity index (χ4n) is 2.08. The first-order valence-electron chi connectivity index (χ1n) is 6.73. The number of aromatic nitrogens is 2. The van der Waals surface area contributed by atoms with Crippen molar-refractivity contribution in [3.63, 3.8) is 0 Å². The number of carbonyl (C=O) groups is 1. The highest BCUT2D eigenvalue weighted by Gasteiger charge is 2.23. The van der Waals surface area contributed by atoms with E-state index in [4.69, 9.17) is 4.74 Å². The lowest BCUT2D eigenvalue weighted by atomic mass is 10.3. The maximum absolute atomic E-state index is 12.6. The van der Waals surface area contributed by atoms with Gasteiger partial charge in [-0.2, -0.15) is 3.97 Å². The van der Waals surface area contributed by atoms with Crippen molar-refractivity contribution in [1.82, 2.24) is 8.54 Å². The number of ether oxygens (including phenoxy) is 1. The highest BCUT2D eigenvalue weighted by Crippen LogP contribution is 2.17. The summed E-state index contributed by atoms with van der Waals surface area (Å²) in [5.74, 6) is -0.0783. The van der Waals surface area contributed by atoms with Crippen molar-refractivity contribution in [2.75, 3.05) is 7.11 Å². The summed E-state index contributed by atoms with van der Waals surface area (Å²) in [5, 5.41) is 1.70. The molecule has 7 nitrogen and oxygen atoms in total. The Morgan fingerprint density at radius 1 is 1.12 bits per heavy atom. The number of benzene rings is 1. The molecule has 0 amide bonds. The van der Waals surface area contributed by atoms with Gasteiger partial charge in [-0.15, -0.1) is 11.3 Å². The summed E-state index contributed by atoms with van der Waals surface area (Å²) < 4.78 is 31.4. The van der Waals surface area contributed by atoms with E-state index in [1.807, 2.05) is 0 Å². The summed E-state index contributed by atoms with van der Waals surface area (Å²) in [5.41, 5.74) is -0.941. The van der Waals surface area contributed by atoms with E-state index in [2.05, 4.69) is 0 Å². The first kappa shape index (κ1) is 16.2. The molecule has 0 saturated carbocycles. The molecular formula is C15H12N2O5S2. The van der Waals surface area contributed by atoms with Crippen molar-refractivity contribution >= 4 is 27.3 Å². The van der Waals surface area contributed by atoms with E-state index in [0.29, 0.717) is 14.6 Å². The van der Waals surface area contributed by atoms with Crippen LogP contribution in [0.15, 0.2) is 63.9 Å². The molecule has 0 atom stereocenters. The van der Waals surface area contributed by atoms with E-state index in [1.54, 1.807) is 17.5 Å². The van der Waals surface area contributed by atoms with Gasteiger partial charge in [-0.3, -0.25) is 4.79 Å². The van der Waals surface area contributed by atoms with Gasteiger partial charge in [0.15, 0.2) is 0 Å². The van der Waals surface area contributed by atoms with Gasteiger partial charge in [0.2, 0.25) is 0 Å². The van der Waals surface area contributed by atoms with Crippen LogP contribution in [0.25, 0.3) is 0 Å². The van der Waals surface area contributed by atoms with Crippen LogP contribution in [0.1, 0.15) is 9.67 Å². The highest BCUT2D eigenvalue weighted by atomic mass is 32.2. The Hall–Kier alpha value is -2.65. The lowest BCUT2D eigenvalue weighted by molar-refractivity contribution is 0.0960. The molecule has 1 aromatic carbocycles. The van der Waals surface area contributed by atoms with Gasteiger partial charge in [0, 0.05) is 12.4 Å². The summed E-state index contributed by atoms with van der Waals surface area (Å²) in [6.45, 7) is 0. The first-order valence-corrected chi connectivity index (χ1v) is 9.05. The zero-order chi connectivity index (χ0) is 17.3. The minimum absolute atomic E-state index is 0.0771. The molecule has 2 heterocycles. The van der Waals surface area contributed by atoms with Crippen LogP contribution in [0, 0.1) is 0 Å². The second-order valence-electron chi connectivity index (χ2n) is 4.71. The van der Waals surface area contributed by atoms with Gasteiger partial charge in [-0.1, -0.05) is 6.07 Å². The predicted octanol–water partition coefficient (Wildman–Crippen LogP) is 1.65. The van der Waals surface area contributed by atoms with E-state index >= 15 is 0 Å². The van der Waals surface area contributed by atoms with Gasteiger partial charge in [-0.25, -0.2) is 17.8 Å². The van der Waals surface area contributed by atoms with E-state index in [-0.39, 0.29) is 4.90 Å². The van der Waals surface area contributed by atoms with E-state index in [9.17, 15) is 18.0 Å². The fourth-order valence-corrected chi connectivity index (χ4v) is 3.95. The van der Waals surface area contributed by atoms with Gasteiger partial charge in [0.05, 0.1) is 16.9 Å². The van der Waals surface area contributed by atoms with E-state index < -0.39 is 21.6 Å². The van der Waals surface area contributed by atoms with Gasteiger partial charge >= 0.3 is 5.69 Å². The molecule has 124 valence electrons. The summed E-state index contributed by atoms with van der Waals surface area (Å²) in [4.78, 5) is 24.9. The topological polar surface area (TPSA) is 87.4 Å². The average molecular weight is 364 g/mol. The van der Waals surface area contributed by atoms with Crippen LogP contribution in [0.3, 0.4) is 0 Å². The third-order valence-electron chi connectivity index (χ3n) is 3.31. The van der Waals surface area contributed by atoms with Gasteiger partial charge in [0.25, 0.3) is 15.9 Å². The maximum Gasteiger partial charge on any atom is 0.349 e.